The third-order valence-electron chi connectivity index (χ3n) is 1.30. The monoisotopic (exact) mass is 147 g/mol. The molecule has 1 heterocycles. The number of pyridine rings is 1. The van der Waals surface area contributed by atoms with Gasteiger partial charge in [-0.2, -0.15) is 5.26 Å². The molecule has 0 aliphatic carbocycles. The molecule has 0 unspecified atom stereocenters. The van der Waals surface area contributed by atoms with E-state index in [1.807, 2.05) is 19.2 Å². The van der Waals surface area contributed by atoms with Crippen molar-refractivity contribution >= 4 is 0 Å². The lowest BCUT2D eigenvalue weighted by Crippen LogP contribution is -2.05. The molecule has 0 aromatic carbocycles. The average molecular weight is 147 g/mol. The van der Waals surface area contributed by atoms with Crippen molar-refractivity contribution in [1.82, 2.24) is 10.3 Å². The van der Waals surface area contributed by atoms with Crippen molar-refractivity contribution in [2.75, 3.05) is 7.05 Å². The van der Waals surface area contributed by atoms with Crippen LogP contribution >= 0.6 is 0 Å². The van der Waals surface area contributed by atoms with Crippen LogP contribution in [0, 0.1) is 11.3 Å². The second-order valence-corrected chi connectivity index (χ2v) is 2.22. The van der Waals surface area contributed by atoms with Gasteiger partial charge < -0.3 is 5.32 Å². The Balaban J connectivity index is 2.85. The Bertz CT molecular complexity index is 275. The summed E-state index contributed by atoms with van der Waals surface area (Å²) >= 11 is 0. The first kappa shape index (κ1) is 7.70. The van der Waals surface area contributed by atoms with Crippen molar-refractivity contribution < 1.29 is 0 Å². The Morgan fingerprint density at radius 1 is 1.64 bits per heavy atom. The van der Waals surface area contributed by atoms with E-state index in [1.165, 1.54) is 0 Å². The fourth-order valence-corrected chi connectivity index (χ4v) is 0.850. The lowest BCUT2D eigenvalue weighted by Gasteiger charge is -1.97. The maximum absolute atomic E-state index is 8.52. The quantitative estimate of drug-likeness (QED) is 0.669. The summed E-state index contributed by atoms with van der Waals surface area (Å²) in [4.78, 5) is 3.91. The lowest BCUT2D eigenvalue weighted by atomic mass is 10.2. The first-order valence-electron chi connectivity index (χ1n) is 3.35. The van der Waals surface area contributed by atoms with E-state index in [0.29, 0.717) is 5.56 Å². The predicted octanol–water partition coefficient (Wildman–Crippen LogP) is 0.673. The van der Waals surface area contributed by atoms with Crippen LogP contribution in [0.25, 0.3) is 0 Å². The van der Waals surface area contributed by atoms with E-state index >= 15 is 0 Å². The highest BCUT2D eigenvalue weighted by atomic mass is 14.8. The summed E-state index contributed by atoms with van der Waals surface area (Å²) in [6.07, 6.45) is 3.30. The smallest absolute Gasteiger partial charge is 0.101 e. The highest BCUT2D eigenvalue weighted by molar-refractivity contribution is 5.28. The molecule has 1 N–H and O–H groups in total. The molecule has 0 aliphatic heterocycles. The third-order valence-corrected chi connectivity index (χ3v) is 1.30. The minimum absolute atomic E-state index is 0.609. The molecule has 0 spiro atoms. The van der Waals surface area contributed by atoms with Crippen LogP contribution in [0.4, 0.5) is 0 Å². The van der Waals surface area contributed by atoms with E-state index in [1.54, 1.807) is 12.4 Å². The zero-order valence-electron chi connectivity index (χ0n) is 6.33. The van der Waals surface area contributed by atoms with Crippen LogP contribution in [0.15, 0.2) is 18.5 Å². The van der Waals surface area contributed by atoms with Gasteiger partial charge in [-0.25, -0.2) is 0 Å². The number of nitrogens with one attached hydrogen (secondary N) is 1. The van der Waals surface area contributed by atoms with Gasteiger partial charge in [0.25, 0.3) is 0 Å². The van der Waals surface area contributed by atoms with Crippen LogP contribution in [0.5, 0.6) is 0 Å². The Kier molecular flexibility index (Phi) is 2.59. The fraction of sp³-hybridized carbons (Fsp3) is 0.250. The summed E-state index contributed by atoms with van der Waals surface area (Å²) in [6, 6.07) is 3.86. The molecule has 0 aliphatic rings. The molecular formula is C8H9N3. The zero-order chi connectivity index (χ0) is 8.10. The van der Waals surface area contributed by atoms with Gasteiger partial charge in [-0.05, 0) is 18.7 Å². The van der Waals surface area contributed by atoms with Crippen LogP contribution in [-0.4, -0.2) is 12.0 Å². The van der Waals surface area contributed by atoms with E-state index in [9.17, 15) is 0 Å². The van der Waals surface area contributed by atoms with Crippen molar-refractivity contribution in [2.45, 2.75) is 6.54 Å². The summed E-state index contributed by atoms with van der Waals surface area (Å²) in [6.45, 7) is 0.752. The fourth-order valence-electron chi connectivity index (χ4n) is 0.850. The number of rotatable bonds is 2. The molecule has 0 radical (unpaired) electrons. The molecule has 0 atom stereocenters. The second-order valence-electron chi connectivity index (χ2n) is 2.22. The number of hydrogen-bond donors (Lipinski definition) is 1. The van der Waals surface area contributed by atoms with Crippen LogP contribution in [0.1, 0.15) is 11.1 Å². The summed E-state index contributed by atoms with van der Waals surface area (Å²) in [5.74, 6) is 0. The van der Waals surface area contributed by atoms with Crippen LogP contribution in [-0.2, 0) is 6.54 Å². The number of aromatic nitrogens is 1. The zero-order valence-corrected chi connectivity index (χ0v) is 6.33. The van der Waals surface area contributed by atoms with Crippen molar-refractivity contribution in [3.63, 3.8) is 0 Å². The molecule has 56 valence electrons. The Hall–Kier alpha value is -1.40. The standard InChI is InChI=1S/C8H9N3/c1-10-4-8-2-7(3-9)5-11-6-8/h2,5-6,10H,4H2,1H3. The number of nitriles is 1. The number of nitrogens with zero attached hydrogens (tertiary/aromatic N) is 2. The minimum atomic E-state index is 0.609. The summed E-state index contributed by atoms with van der Waals surface area (Å²) < 4.78 is 0. The van der Waals surface area contributed by atoms with Crippen LogP contribution in [0.3, 0.4) is 0 Å². The molecule has 0 saturated carbocycles. The van der Waals surface area contributed by atoms with Crippen LogP contribution in [0.2, 0.25) is 0 Å². The molecule has 1 aromatic heterocycles. The lowest BCUT2D eigenvalue weighted by molar-refractivity contribution is 0.813. The van der Waals surface area contributed by atoms with Crippen molar-refractivity contribution in [3.8, 4) is 6.07 Å². The molecule has 0 fully saturated rings. The van der Waals surface area contributed by atoms with Gasteiger partial charge >= 0.3 is 0 Å². The van der Waals surface area contributed by atoms with E-state index < -0.39 is 0 Å². The van der Waals surface area contributed by atoms with E-state index in [4.69, 9.17) is 5.26 Å². The minimum Gasteiger partial charge on any atom is -0.316 e. The van der Waals surface area contributed by atoms with E-state index in [2.05, 4.69) is 10.3 Å². The molecule has 3 heteroatoms. The molecule has 1 aromatic rings. The highest BCUT2D eigenvalue weighted by Crippen LogP contribution is 1.99. The average Bonchev–Trinajstić information content (AvgIpc) is 2.06. The van der Waals surface area contributed by atoms with Gasteiger partial charge in [-0.15, -0.1) is 0 Å². The predicted molar refractivity (Wildman–Crippen MR) is 41.7 cm³/mol. The third kappa shape index (κ3) is 2.03. The largest absolute Gasteiger partial charge is 0.316 e. The Morgan fingerprint density at radius 2 is 2.45 bits per heavy atom. The van der Waals surface area contributed by atoms with Crippen molar-refractivity contribution in [2.24, 2.45) is 0 Å². The Labute approximate surface area is 65.7 Å². The van der Waals surface area contributed by atoms with E-state index in [0.717, 1.165) is 12.1 Å². The van der Waals surface area contributed by atoms with Gasteiger partial charge in [0.2, 0.25) is 0 Å². The highest BCUT2D eigenvalue weighted by Gasteiger charge is 1.92. The first-order valence-corrected chi connectivity index (χ1v) is 3.35. The Morgan fingerprint density at radius 3 is 3.09 bits per heavy atom. The van der Waals surface area contributed by atoms with Gasteiger partial charge in [0.1, 0.15) is 6.07 Å². The maximum atomic E-state index is 8.52. The van der Waals surface area contributed by atoms with E-state index in [-0.39, 0.29) is 0 Å². The summed E-state index contributed by atoms with van der Waals surface area (Å²) in [5, 5.41) is 11.5. The van der Waals surface area contributed by atoms with Crippen LogP contribution < -0.4 is 5.32 Å². The summed E-state index contributed by atoms with van der Waals surface area (Å²) in [5.41, 5.74) is 1.64. The molecule has 3 nitrogen and oxygen atoms in total. The topological polar surface area (TPSA) is 48.7 Å². The van der Waals surface area contributed by atoms with Gasteiger partial charge in [0.15, 0.2) is 0 Å². The van der Waals surface area contributed by atoms with Crippen molar-refractivity contribution in [1.29, 1.82) is 5.26 Å². The van der Waals surface area contributed by atoms with Gasteiger partial charge in [-0.1, -0.05) is 0 Å². The molecule has 1 rings (SSSR count). The molecular weight excluding hydrogens is 138 g/mol. The molecule has 0 amide bonds. The van der Waals surface area contributed by atoms with Gasteiger partial charge in [-0.3, -0.25) is 4.98 Å². The molecule has 0 bridgehead atoms. The van der Waals surface area contributed by atoms with Crippen molar-refractivity contribution in [3.05, 3.63) is 29.6 Å². The SMILES string of the molecule is CNCc1cncc(C#N)c1. The molecule has 11 heavy (non-hydrogen) atoms. The maximum Gasteiger partial charge on any atom is 0.101 e. The first-order chi connectivity index (χ1) is 5.36. The normalized spacial score (nSPS) is 9.09. The summed E-state index contributed by atoms with van der Waals surface area (Å²) in [7, 11) is 1.86. The van der Waals surface area contributed by atoms with Gasteiger partial charge in [0.05, 0.1) is 5.56 Å². The van der Waals surface area contributed by atoms with Gasteiger partial charge in [0, 0.05) is 18.9 Å². The number of hydrogen-bond acceptors (Lipinski definition) is 3. The molecule has 0 saturated heterocycles. The second kappa shape index (κ2) is 3.69.